The minimum atomic E-state index is -0.403. The molecule has 0 spiro atoms. The van der Waals surface area contributed by atoms with Gasteiger partial charge < -0.3 is 19.9 Å². The molecule has 10 heteroatoms. The number of halogens is 1. The molecule has 6 rings (SSSR count). The lowest BCUT2D eigenvalue weighted by molar-refractivity contribution is 0.0115. The van der Waals surface area contributed by atoms with Gasteiger partial charge >= 0.3 is 0 Å². The van der Waals surface area contributed by atoms with Crippen LogP contribution >= 0.6 is 11.3 Å². The van der Waals surface area contributed by atoms with Crippen molar-refractivity contribution in [2.45, 2.75) is 50.5 Å². The summed E-state index contributed by atoms with van der Waals surface area (Å²) >= 11 is 1.35. The quantitative estimate of drug-likeness (QED) is 0.449. The minimum absolute atomic E-state index is 0.0711. The molecule has 1 aliphatic carbocycles. The maximum absolute atomic E-state index is 16.0. The average Bonchev–Trinajstić information content (AvgIpc) is 3.63. The van der Waals surface area contributed by atoms with Crippen molar-refractivity contribution < 1.29 is 13.9 Å². The molecular weight excluding hydrogens is 515 g/mol. The van der Waals surface area contributed by atoms with E-state index in [9.17, 15) is 4.79 Å². The highest BCUT2D eigenvalue weighted by molar-refractivity contribution is 7.21. The second kappa shape index (κ2) is 11.3. The predicted octanol–water partition coefficient (Wildman–Crippen LogP) is 5.23. The van der Waals surface area contributed by atoms with Gasteiger partial charge in [0.15, 0.2) is 11.6 Å². The number of morpholine rings is 1. The van der Waals surface area contributed by atoms with Crippen LogP contribution in [0.2, 0.25) is 0 Å². The molecular formula is C29H37FN6O2S. The molecule has 3 aliphatic rings. The van der Waals surface area contributed by atoms with Gasteiger partial charge in [0.2, 0.25) is 0 Å². The normalized spacial score (nSPS) is 19.6. The number of hydrogen-bond donors (Lipinski definition) is 1. The Bertz CT molecular complexity index is 1310. The van der Waals surface area contributed by atoms with E-state index < -0.39 is 5.82 Å². The lowest BCUT2D eigenvalue weighted by Crippen LogP contribution is -2.49. The monoisotopic (exact) mass is 552 g/mol. The Morgan fingerprint density at radius 2 is 1.79 bits per heavy atom. The summed E-state index contributed by atoms with van der Waals surface area (Å²) in [7, 11) is 3.49. The van der Waals surface area contributed by atoms with Crippen LogP contribution in [0.25, 0.3) is 10.1 Å². The number of aromatic nitrogens is 2. The zero-order chi connectivity index (χ0) is 26.9. The molecule has 39 heavy (non-hydrogen) atoms. The van der Waals surface area contributed by atoms with E-state index in [-0.39, 0.29) is 17.6 Å². The fraction of sp³-hybridized carbons (Fsp3) is 0.552. The standard InChI is InChI=1S/C29H37FN6O2S/c1-34(2)29(37)27-24(19-5-3-4-6-19)25-22(39-27)18-32-28(26(25)30)33-23-8-7-21(17-31-23)35-11-9-20(10-12-35)36-13-15-38-16-14-36/h7-8,17-20H,3-6,9-16H2,1-2H3,(H,31,32,33). The summed E-state index contributed by atoms with van der Waals surface area (Å²) < 4.78 is 22.2. The van der Waals surface area contributed by atoms with E-state index in [1.54, 1.807) is 25.2 Å². The molecule has 8 nitrogen and oxygen atoms in total. The third-order valence-electron chi connectivity index (χ3n) is 8.46. The molecule has 0 aromatic carbocycles. The van der Waals surface area contributed by atoms with E-state index >= 15 is 4.39 Å². The number of amides is 1. The van der Waals surface area contributed by atoms with Gasteiger partial charge in [0, 0.05) is 57.9 Å². The van der Waals surface area contributed by atoms with Gasteiger partial charge in [0.1, 0.15) is 5.82 Å². The number of rotatable bonds is 6. The molecule has 0 bridgehead atoms. The van der Waals surface area contributed by atoms with Gasteiger partial charge in [0.05, 0.1) is 34.7 Å². The van der Waals surface area contributed by atoms with Gasteiger partial charge in [0.25, 0.3) is 5.91 Å². The lowest BCUT2D eigenvalue weighted by Gasteiger charge is -2.40. The van der Waals surface area contributed by atoms with Crippen molar-refractivity contribution in [3.63, 3.8) is 0 Å². The van der Waals surface area contributed by atoms with Gasteiger partial charge in [-0.3, -0.25) is 9.69 Å². The number of hydrogen-bond acceptors (Lipinski definition) is 8. The Labute approximate surface area is 233 Å². The van der Waals surface area contributed by atoms with E-state index in [2.05, 4.69) is 25.1 Å². The largest absolute Gasteiger partial charge is 0.379 e. The number of carbonyl (C=O) groups excluding carboxylic acids is 1. The molecule has 2 aliphatic heterocycles. The summed E-state index contributed by atoms with van der Waals surface area (Å²) in [6, 6.07) is 4.56. The maximum Gasteiger partial charge on any atom is 0.263 e. The van der Waals surface area contributed by atoms with Crippen molar-refractivity contribution >= 4 is 44.7 Å². The summed E-state index contributed by atoms with van der Waals surface area (Å²) in [4.78, 5) is 29.1. The summed E-state index contributed by atoms with van der Waals surface area (Å²) in [6.45, 7) is 5.74. The number of piperidine rings is 1. The Kier molecular flexibility index (Phi) is 7.68. The molecule has 1 saturated carbocycles. The van der Waals surface area contributed by atoms with Crippen LogP contribution in [0.1, 0.15) is 59.7 Å². The Morgan fingerprint density at radius 1 is 1.05 bits per heavy atom. The number of pyridine rings is 2. The summed E-state index contributed by atoms with van der Waals surface area (Å²) in [5, 5.41) is 3.64. The molecule has 0 radical (unpaired) electrons. The summed E-state index contributed by atoms with van der Waals surface area (Å²) in [5.74, 6) is 0.426. The first-order valence-corrected chi connectivity index (χ1v) is 14.9. The van der Waals surface area contributed by atoms with E-state index in [1.165, 1.54) is 11.3 Å². The lowest BCUT2D eigenvalue weighted by atomic mass is 9.94. The van der Waals surface area contributed by atoms with Gasteiger partial charge in [-0.2, -0.15) is 0 Å². The minimum Gasteiger partial charge on any atom is -0.379 e. The second-order valence-corrected chi connectivity index (χ2v) is 12.1. The van der Waals surface area contributed by atoms with E-state index in [4.69, 9.17) is 4.74 Å². The number of carbonyl (C=O) groups is 1. The van der Waals surface area contributed by atoms with Gasteiger partial charge in [-0.25, -0.2) is 14.4 Å². The fourth-order valence-corrected chi connectivity index (χ4v) is 7.61. The van der Waals surface area contributed by atoms with E-state index in [0.29, 0.717) is 26.8 Å². The predicted molar refractivity (Wildman–Crippen MR) is 154 cm³/mol. The highest BCUT2D eigenvalue weighted by atomic mass is 32.1. The molecule has 2 saturated heterocycles. The van der Waals surface area contributed by atoms with Crippen LogP contribution in [-0.4, -0.2) is 85.2 Å². The molecule has 5 heterocycles. The van der Waals surface area contributed by atoms with Crippen molar-refractivity contribution in [3.8, 4) is 0 Å². The fourth-order valence-electron chi connectivity index (χ4n) is 6.33. The SMILES string of the molecule is CN(C)C(=O)c1sc2cnc(Nc3ccc(N4CCC(N5CCOCC5)CC4)cn3)c(F)c2c1C1CCCC1. The van der Waals surface area contributed by atoms with Crippen molar-refractivity contribution in [1.82, 2.24) is 19.8 Å². The molecule has 3 aromatic heterocycles. The van der Waals surface area contributed by atoms with Crippen LogP contribution in [0.5, 0.6) is 0 Å². The number of ether oxygens (including phenoxy) is 1. The second-order valence-electron chi connectivity index (χ2n) is 11.1. The van der Waals surface area contributed by atoms with Crippen LogP contribution in [0.4, 0.5) is 21.7 Å². The van der Waals surface area contributed by atoms with E-state index in [0.717, 1.165) is 89.2 Å². The Hall–Kier alpha value is -2.82. The first-order chi connectivity index (χ1) is 19.0. The zero-order valence-electron chi connectivity index (χ0n) is 22.8. The number of nitrogens with zero attached hydrogens (tertiary/aromatic N) is 5. The average molecular weight is 553 g/mol. The highest BCUT2D eigenvalue weighted by Gasteiger charge is 2.31. The molecule has 1 amide bonds. The van der Waals surface area contributed by atoms with E-state index in [1.807, 2.05) is 18.3 Å². The first-order valence-electron chi connectivity index (χ1n) is 14.1. The molecule has 3 aromatic rings. The number of nitrogens with one attached hydrogen (secondary N) is 1. The van der Waals surface area contributed by atoms with Crippen molar-refractivity contribution in [1.29, 1.82) is 0 Å². The van der Waals surface area contributed by atoms with Crippen molar-refractivity contribution in [3.05, 3.63) is 40.8 Å². The number of thiophene rings is 1. The van der Waals surface area contributed by atoms with Gasteiger partial charge in [-0.05, 0) is 49.3 Å². The summed E-state index contributed by atoms with van der Waals surface area (Å²) in [6.07, 6.45) is 10.00. The zero-order valence-corrected chi connectivity index (χ0v) is 23.6. The summed E-state index contributed by atoms with van der Waals surface area (Å²) in [5.41, 5.74) is 1.94. The van der Waals surface area contributed by atoms with Crippen LogP contribution in [0, 0.1) is 5.82 Å². The smallest absolute Gasteiger partial charge is 0.263 e. The van der Waals surface area contributed by atoms with Gasteiger partial charge in [-0.15, -0.1) is 11.3 Å². The van der Waals surface area contributed by atoms with Crippen LogP contribution in [0.15, 0.2) is 24.5 Å². The van der Waals surface area contributed by atoms with Gasteiger partial charge in [-0.1, -0.05) is 12.8 Å². The van der Waals surface area contributed by atoms with Crippen molar-refractivity contribution in [2.75, 3.05) is 63.7 Å². The first kappa shape index (κ1) is 26.4. The number of anilines is 3. The van der Waals surface area contributed by atoms with Crippen LogP contribution < -0.4 is 10.2 Å². The topological polar surface area (TPSA) is 73.8 Å². The highest BCUT2D eigenvalue weighted by Crippen LogP contribution is 2.45. The molecule has 0 atom stereocenters. The third kappa shape index (κ3) is 5.34. The van der Waals surface area contributed by atoms with Crippen LogP contribution in [0.3, 0.4) is 0 Å². The van der Waals surface area contributed by atoms with Crippen molar-refractivity contribution in [2.24, 2.45) is 0 Å². The maximum atomic E-state index is 16.0. The Morgan fingerprint density at radius 3 is 2.46 bits per heavy atom. The molecule has 3 fully saturated rings. The third-order valence-corrected chi connectivity index (χ3v) is 9.59. The molecule has 1 N–H and O–H groups in total. The Balaban J connectivity index is 1.19. The molecule has 0 unspecified atom stereocenters. The number of fused-ring (bicyclic) bond motifs is 1. The molecule has 208 valence electrons. The van der Waals surface area contributed by atoms with Crippen LogP contribution in [-0.2, 0) is 4.74 Å².